The Morgan fingerprint density at radius 1 is 1.04 bits per heavy atom. The van der Waals surface area contributed by atoms with E-state index in [1.165, 1.54) is 26.4 Å². The minimum Gasteiger partial charge on any atom is -0.497 e. The molecule has 2 aromatic carbocycles. The summed E-state index contributed by atoms with van der Waals surface area (Å²) in [6, 6.07) is 13.8. The Kier molecular flexibility index (Phi) is 5.72. The third kappa shape index (κ3) is 4.44. The molecule has 0 atom stereocenters. The molecule has 0 aliphatic carbocycles. The second-order valence-electron chi connectivity index (χ2n) is 5.53. The third-order valence-corrected chi connectivity index (χ3v) is 5.28. The van der Waals surface area contributed by atoms with Crippen LogP contribution in [0.2, 0.25) is 0 Å². The van der Waals surface area contributed by atoms with Gasteiger partial charge in [0.25, 0.3) is 0 Å². The number of hydrogen-bond donors (Lipinski definition) is 1. The van der Waals surface area contributed by atoms with Gasteiger partial charge in [0, 0.05) is 24.6 Å². The van der Waals surface area contributed by atoms with Gasteiger partial charge in [-0.2, -0.15) is 0 Å². The molecule has 9 heteroatoms. The Bertz CT molecular complexity index is 1000. The van der Waals surface area contributed by atoms with E-state index in [0.717, 1.165) is 5.56 Å². The van der Waals surface area contributed by atoms with Gasteiger partial charge in [0.05, 0.1) is 14.2 Å². The topological polar surface area (TPSA) is 104 Å². The maximum absolute atomic E-state index is 12.5. The number of rotatable bonds is 8. The molecule has 3 rings (SSSR count). The van der Waals surface area contributed by atoms with Crippen LogP contribution < -0.4 is 14.2 Å². The van der Waals surface area contributed by atoms with E-state index in [0.29, 0.717) is 17.5 Å². The molecule has 0 unspecified atom stereocenters. The van der Waals surface area contributed by atoms with Crippen molar-refractivity contribution in [2.75, 3.05) is 20.8 Å². The van der Waals surface area contributed by atoms with Crippen LogP contribution >= 0.6 is 0 Å². The molecule has 0 saturated carbocycles. The quantitative estimate of drug-likeness (QED) is 0.630. The highest BCUT2D eigenvalue weighted by molar-refractivity contribution is 7.89. The summed E-state index contributed by atoms with van der Waals surface area (Å²) in [4.78, 5) is 0.0290. The van der Waals surface area contributed by atoms with E-state index < -0.39 is 10.0 Å². The first-order valence-corrected chi connectivity index (χ1v) is 9.61. The predicted octanol–water partition coefficient (Wildman–Crippen LogP) is 2.27. The van der Waals surface area contributed by atoms with Crippen LogP contribution in [0.5, 0.6) is 11.5 Å². The molecule has 142 valence electrons. The van der Waals surface area contributed by atoms with Gasteiger partial charge in [0.1, 0.15) is 16.4 Å². The van der Waals surface area contributed by atoms with Crippen molar-refractivity contribution in [3.8, 4) is 23.0 Å². The number of nitrogens with one attached hydrogen (secondary N) is 1. The molecule has 0 aliphatic heterocycles. The first kappa shape index (κ1) is 18.9. The molecule has 0 fully saturated rings. The molecule has 0 bridgehead atoms. The van der Waals surface area contributed by atoms with Gasteiger partial charge in [-0.3, -0.25) is 0 Å². The molecule has 1 N–H and O–H groups in total. The summed E-state index contributed by atoms with van der Waals surface area (Å²) in [5.74, 6) is 1.44. The summed E-state index contributed by atoms with van der Waals surface area (Å²) in [6.45, 7) is 0.105. The van der Waals surface area contributed by atoms with Crippen molar-refractivity contribution in [3.63, 3.8) is 0 Å². The molecular weight excluding hydrogens is 370 g/mol. The van der Waals surface area contributed by atoms with Crippen LogP contribution in [0.4, 0.5) is 0 Å². The van der Waals surface area contributed by atoms with E-state index in [-0.39, 0.29) is 23.6 Å². The van der Waals surface area contributed by atoms with Crippen molar-refractivity contribution in [3.05, 3.63) is 54.4 Å². The second-order valence-corrected chi connectivity index (χ2v) is 7.27. The molecule has 27 heavy (non-hydrogen) atoms. The van der Waals surface area contributed by atoms with Gasteiger partial charge in [-0.1, -0.05) is 18.2 Å². The highest BCUT2D eigenvalue weighted by atomic mass is 32.2. The Labute approximate surface area is 157 Å². The molecule has 0 saturated heterocycles. The van der Waals surface area contributed by atoms with Crippen LogP contribution in [-0.4, -0.2) is 39.4 Å². The summed E-state index contributed by atoms with van der Waals surface area (Å²) in [7, 11) is -0.868. The van der Waals surface area contributed by atoms with Crippen molar-refractivity contribution in [1.29, 1.82) is 0 Å². The van der Waals surface area contributed by atoms with Gasteiger partial charge >= 0.3 is 0 Å². The lowest BCUT2D eigenvalue weighted by Gasteiger charge is -2.11. The average Bonchev–Trinajstić information content (AvgIpc) is 3.17. The van der Waals surface area contributed by atoms with Crippen molar-refractivity contribution >= 4 is 10.0 Å². The molecule has 0 aliphatic rings. The molecular formula is C18H19N3O5S. The molecule has 0 amide bonds. The van der Waals surface area contributed by atoms with Gasteiger partial charge in [-0.05, 0) is 24.3 Å². The molecule has 8 nitrogen and oxygen atoms in total. The number of sulfonamides is 1. The van der Waals surface area contributed by atoms with Crippen LogP contribution in [0.15, 0.2) is 57.8 Å². The Hall–Kier alpha value is -2.91. The summed E-state index contributed by atoms with van der Waals surface area (Å²) < 4.78 is 43.4. The minimum atomic E-state index is -3.76. The van der Waals surface area contributed by atoms with Gasteiger partial charge in [0.2, 0.25) is 21.8 Å². The zero-order valence-electron chi connectivity index (χ0n) is 14.9. The number of nitrogens with zero attached hydrogens (tertiary/aromatic N) is 2. The van der Waals surface area contributed by atoms with Crippen LogP contribution in [0.3, 0.4) is 0 Å². The van der Waals surface area contributed by atoms with E-state index in [1.54, 1.807) is 6.07 Å². The van der Waals surface area contributed by atoms with Crippen molar-refractivity contribution in [2.45, 2.75) is 11.3 Å². The van der Waals surface area contributed by atoms with Gasteiger partial charge in [0.15, 0.2) is 0 Å². The fraction of sp³-hybridized carbons (Fsp3) is 0.222. The second kappa shape index (κ2) is 8.19. The molecule has 0 spiro atoms. The van der Waals surface area contributed by atoms with E-state index >= 15 is 0 Å². The normalized spacial score (nSPS) is 11.3. The Morgan fingerprint density at radius 3 is 2.52 bits per heavy atom. The first-order chi connectivity index (χ1) is 13.0. The van der Waals surface area contributed by atoms with Gasteiger partial charge in [-0.25, -0.2) is 13.1 Å². The molecule has 3 aromatic rings. The summed E-state index contributed by atoms with van der Waals surface area (Å²) >= 11 is 0. The lowest BCUT2D eigenvalue weighted by molar-refractivity contribution is 0.386. The zero-order valence-corrected chi connectivity index (χ0v) is 15.7. The standard InChI is InChI=1S/C18H19N3O5S/c1-24-14-8-9-16(15(12-14)25-2)27(22,23)19-11-10-17-20-21-18(26-17)13-6-4-3-5-7-13/h3-9,12,19H,10-11H2,1-2H3. The average molecular weight is 389 g/mol. The van der Waals surface area contributed by atoms with Crippen LogP contribution in [0.25, 0.3) is 11.5 Å². The van der Waals surface area contributed by atoms with Gasteiger partial charge < -0.3 is 13.9 Å². The number of hydrogen-bond acceptors (Lipinski definition) is 7. The molecule has 1 heterocycles. The molecule has 0 radical (unpaired) electrons. The Balaban J connectivity index is 1.66. The van der Waals surface area contributed by atoms with Gasteiger partial charge in [-0.15, -0.1) is 10.2 Å². The summed E-state index contributed by atoms with van der Waals surface area (Å²) in [5.41, 5.74) is 0.805. The lowest BCUT2D eigenvalue weighted by Crippen LogP contribution is -2.26. The zero-order chi connectivity index (χ0) is 19.3. The summed E-state index contributed by atoms with van der Waals surface area (Å²) in [6.07, 6.45) is 0.261. The van der Waals surface area contributed by atoms with E-state index in [1.807, 2.05) is 30.3 Å². The number of benzene rings is 2. The third-order valence-electron chi connectivity index (χ3n) is 3.78. The minimum absolute atomic E-state index is 0.0290. The van der Waals surface area contributed by atoms with E-state index in [2.05, 4.69) is 14.9 Å². The number of methoxy groups -OCH3 is 2. The fourth-order valence-electron chi connectivity index (χ4n) is 2.42. The highest BCUT2D eigenvalue weighted by Gasteiger charge is 2.20. The smallest absolute Gasteiger partial charge is 0.247 e. The monoisotopic (exact) mass is 389 g/mol. The first-order valence-electron chi connectivity index (χ1n) is 8.13. The number of aromatic nitrogens is 2. The Morgan fingerprint density at radius 2 is 1.81 bits per heavy atom. The maximum Gasteiger partial charge on any atom is 0.247 e. The maximum atomic E-state index is 12.5. The van der Waals surface area contributed by atoms with Crippen LogP contribution in [0.1, 0.15) is 5.89 Å². The van der Waals surface area contributed by atoms with Crippen LogP contribution in [0, 0.1) is 0 Å². The van der Waals surface area contributed by atoms with E-state index in [4.69, 9.17) is 13.9 Å². The molecule has 1 aromatic heterocycles. The number of ether oxygens (including phenoxy) is 2. The van der Waals surface area contributed by atoms with Crippen molar-refractivity contribution in [1.82, 2.24) is 14.9 Å². The van der Waals surface area contributed by atoms with E-state index in [9.17, 15) is 8.42 Å². The fourth-order valence-corrected chi connectivity index (χ4v) is 3.60. The van der Waals surface area contributed by atoms with Crippen molar-refractivity contribution in [2.24, 2.45) is 0 Å². The summed E-state index contributed by atoms with van der Waals surface area (Å²) in [5, 5.41) is 7.93. The largest absolute Gasteiger partial charge is 0.497 e. The van der Waals surface area contributed by atoms with Crippen molar-refractivity contribution < 1.29 is 22.3 Å². The predicted molar refractivity (Wildman–Crippen MR) is 98.2 cm³/mol. The highest BCUT2D eigenvalue weighted by Crippen LogP contribution is 2.28. The van der Waals surface area contributed by atoms with Crippen LogP contribution in [-0.2, 0) is 16.4 Å². The SMILES string of the molecule is COc1ccc(S(=O)(=O)NCCc2nnc(-c3ccccc3)o2)c(OC)c1. The lowest BCUT2D eigenvalue weighted by atomic mass is 10.2.